The topological polar surface area (TPSA) is 134 Å². The minimum atomic E-state index is -4.41. The molecule has 186 valence electrons. The van der Waals surface area contributed by atoms with Gasteiger partial charge in [-0.2, -0.15) is 4.57 Å². The Morgan fingerprint density at radius 3 is 2.65 bits per heavy atom. The van der Waals surface area contributed by atoms with Crippen LogP contribution in [0.2, 0.25) is 0 Å². The third-order valence-electron chi connectivity index (χ3n) is 5.11. The molecule has 4 heterocycles. The minimum absolute atomic E-state index is 0.122. The molecule has 0 aromatic carbocycles. The number of rotatable bonds is 3. The molecule has 0 aliphatic carbocycles. The lowest BCUT2D eigenvalue weighted by molar-refractivity contribution is -0.685. The van der Waals surface area contributed by atoms with Crippen molar-refractivity contribution in [2.75, 3.05) is 20.3 Å². The number of aromatic nitrogens is 2. The molecule has 11 nitrogen and oxygen atoms in total. The first-order chi connectivity index (χ1) is 16.1. The maximum absolute atomic E-state index is 12.3. The van der Waals surface area contributed by atoms with Gasteiger partial charge >= 0.3 is 11.5 Å². The standard InChI is InChI=1S/C13H19N2O3.C8H8N2.CH4O4S/c1-4-18-13(17)10-8-14(3)11-7-5-6-9(2)15(11)12(10)16;1-2-6-10-7-3-5-9-8(10)4-1;1-5-6(2,3)4/h8-9H,4-7H2,1-3H3;1-4,6-7H,5H2;1H3,(H,2,3,4)/q+1;;/p-1. The lowest BCUT2D eigenvalue weighted by atomic mass is 10.0. The first-order valence-corrected chi connectivity index (χ1v) is 12.1. The summed E-state index contributed by atoms with van der Waals surface area (Å²) in [6, 6.07) is 0.141. The van der Waals surface area contributed by atoms with Crippen molar-refractivity contribution in [1.82, 2.24) is 9.47 Å². The molecule has 3 aliphatic heterocycles. The summed E-state index contributed by atoms with van der Waals surface area (Å²) in [4.78, 5) is 30.4. The van der Waals surface area contributed by atoms with Gasteiger partial charge in [-0.25, -0.2) is 22.6 Å². The van der Waals surface area contributed by atoms with E-state index in [1.807, 2.05) is 60.1 Å². The number of carbonyl (C=O) groups excluding carboxylic acids is 1. The molecule has 0 bridgehead atoms. The molecular formula is C22H30N4O7S. The molecule has 1 aromatic heterocycles. The van der Waals surface area contributed by atoms with Crippen molar-refractivity contribution >= 4 is 22.2 Å². The van der Waals surface area contributed by atoms with Gasteiger partial charge in [0.15, 0.2) is 5.56 Å². The van der Waals surface area contributed by atoms with E-state index in [0.29, 0.717) is 0 Å². The highest BCUT2D eigenvalue weighted by Crippen LogP contribution is 2.19. The molecule has 0 saturated carbocycles. The summed E-state index contributed by atoms with van der Waals surface area (Å²) < 4.78 is 39.5. The fraction of sp³-hybridized carbons (Fsp3) is 0.455. The summed E-state index contributed by atoms with van der Waals surface area (Å²) in [6.45, 7) is 4.83. The molecule has 1 atom stereocenters. The Kier molecular flexibility index (Phi) is 9.90. The first-order valence-electron chi connectivity index (χ1n) is 10.8. The number of amidine groups is 1. The van der Waals surface area contributed by atoms with Crippen LogP contribution in [-0.4, -0.2) is 54.5 Å². The molecular weight excluding hydrogens is 464 g/mol. The number of hydrogen-bond donors (Lipinski definition) is 0. The molecule has 0 spiro atoms. The SMILES string of the molecule is C1=CC2=NCC=CN2C=C1.CCOC(=O)c1c[n+](C)c2n(c1=O)C(C)CCC2.COS(=O)(=O)[O-]. The molecule has 0 radical (unpaired) electrons. The number of allylic oxidation sites excluding steroid dienone is 2. The Hall–Kier alpha value is -3.09. The molecule has 4 rings (SSSR count). The van der Waals surface area contributed by atoms with E-state index in [2.05, 4.69) is 9.18 Å². The van der Waals surface area contributed by atoms with Crippen molar-refractivity contribution in [2.45, 2.75) is 39.2 Å². The number of nitrogens with zero attached hydrogens (tertiary/aromatic N) is 4. The second-order valence-corrected chi connectivity index (χ2v) is 8.62. The zero-order valence-corrected chi connectivity index (χ0v) is 20.5. The van der Waals surface area contributed by atoms with Crippen LogP contribution in [-0.2, 0) is 32.8 Å². The van der Waals surface area contributed by atoms with E-state index < -0.39 is 16.4 Å². The van der Waals surface area contributed by atoms with Crippen LogP contribution >= 0.6 is 0 Å². The van der Waals surface area contributed by atoms with Crippen LogP contribution in [0.25, 0.3) is 0 Å². The average Bonchev–Trinajstić information content (AvgIpc) is 2.82. The Bertz CT molecular complexity index is 1170. The lowest BCUT2D eigenvalue weighted by Gasteiger charge is -2.20. The number of aliphatic imine (C=N–C) groups is 1. The maximum Gasteiger partial charge on any atom is 0.352 e. The molecule has 0 N–H and O–H groups in total. The van der Waals surface area contributed by atoms with Crippen LogP contribution in [0.1, 0.15) is 48.9 Å². The monoisotopic (exact) mass is 494 g/mol. The highest BCUT2D eigenvalue weighted by atomic mass is 32.3. The summed E-state index contributed by atoms with van der Waals surface area (Å²) in [5.74, 6) is 1.47. The Labute approximate surface area is 199 Å². The minimum Gasteiger partial charge on any atom is -0.726 e. The maximum atomic E-state index is 12.3. The molecule has 0 fully saturated rings. The number of aryl methyl sites for hydroxylation is 1. The van der Waals surface area contributed by atoms with Crippen molar-refractivity contribution in [2.24, 2.45) is 12.0 Å². The van der Waals surface area contributed by atoms with E-state index in [-0.39, 0.29) is 23.8 Å². The highest BCUT2D eigenvalue weighted by Gasteiger charge is 2.30. The van der Waals surface area contributed by atoms with Gasteiger partial charge in [-0.1, -0.05) is 6.08 Å². The number of carbonyl (C=O) groups is 1. The smallest absolute Gasteiger partial charge is 0.352 e. The van der Waals surface area contributed by atoms with Gasteiger partial charge < -0.3 is 14.2 Å². The predicted octanol–water partition coefficient (Wildman–Crippen LogP) is 1.14. The van der Waals surface area contributed by atoms with Gasteiger partial charge in [0.25, 0.3) is 5.82 Å². The van der Waals surface area contributed by atoms with Crippen LogP contribution in [0, 0.1) is 0 Å². The quantitative estimate of drug-likeness (QED) is 0.264. The van der Waals surface area contributed by atoms with Crippen molar-refractivity contribution in [3.63, 3.8) is 0 Å². The van der Waals surface area contributed by atoms with Gasteiger partial charge in [-0.05, 0) is 44.9 Å². The van der Waals surface area contributed by atoms with E-state index in [0.717, 1.165) is 44.6 Å². The third kappa shape index (κ3) is 7.47. The summed E-state index contributed by atoms with van der Waals surface area (Å²) in [6.07, 6.45) is 16.6. The van der Waals surface area contributed by atoms with Crippen LogP contribution < -0.4 is 10.1 Å². The first kappa shape index (κ1) is 27.2. The highest BCUT2D eigenvalue weighted by molar-refractivity contribution is 7.80. The number of fused-ring (bicyclic) bond motifs is 2. The average molecular weight is 495 g/mol. The van der Waals surface area contributed by atoms with E-state index in [9.17, 15) is 22.6 Å². The molecule has 1 aromatic rings. The van der Waals surface area contributed by atoms with Crippen molar-refractivity contribution < 1.29 is 31.3 Å². The van der Waals surface area contributed by atoms with Gasteiger partial charge in [0.2, 0.25) is 10.4 Å². The molecule has 0 saturated heterocycles. The van der Waals surface area contributed by atoms with Crippen LogP contribution in [0.3, 0.4) is 0 Å². The van der Waals surface area contributed by atoms with Gasteiger partial charge in [-0.15, -0.1) is 0 Å². The molecule has 0 amide bonds. The molecule has 3 aliphatic rings. The third-order valence-corrected chi connectivity index (χ3v) is 5.52. The summed E-state index contributed by atoms with van der Waals surface area (Å²) in [7, 11) is -1.74. The number of hydrogen-bond acceptors (Lipinski definition) is 9. The Morgan fingerprint density at radius 2 is 2.03 bits per heavy atom. The van der Waals surface area contributed by atoms with E-state index in [4.69, 9.17) is 4.74 Å². The summed E-state index contributed by atoms with van der Waals surface area (Å²) in [5.41, 5.74) is -0.106. The summed E-state index contributed by atoms with van der Waals surface area (Å²) >= 11 is 0. The van der Waals surface area contributed by atoms with Gasteiger partial charge in [0.1, 0.15) is 18.1 Å². The fourth-order valence-electron chi connectivity index (χ4n) is 3.54. The van der Waals surface area contributed by atoms with Crippen LogP contribution in [0.15, 0.2) is 52.7 Å². The largest absolute Gasteiger partial charge is 0.726 e. The number of ether oxygens (including phenoxy) is 1. The lowest BCUT2D eigenvalue weighted by Crippen LogP contribution is -2.47. The Balaban J connectivity index is 0.000000213. The second kappa shape index (κ2) is 12.4. The van der Waals surface area contributed by atoms with E-state index in [1.54, 1.807) is 17.7 Å². The van der Waals surface area contributed by atoms with Gasteiger partial charge in [0.05, 0.1) is 27.3 Å². The second-order valence-electron chi connectivity index (χ2n) is 7.47. The Morgan fingerprint density at radius 1 is 1.32 bits per heavy atom. The number of esters is 1. The van der Waals surface area contributed by atoms with E-state index >= 15 is 0 Å². The molecule has 12 heteroatoms. The van der Waals surface area contributed by atoms with Gasteiger partial charge in [-0.3, -0.25) is 9.18 Å². The zero-order chi connectivity index (χ0) is 25.3. The molecule has 34 heavy (non-hydrogen) atoms. The van der Waals surface area contributed by atoms with Crippen molar-refractivity contribution in [3.05, 3.63) is 64.6 Å². The predicted molar refractivity (Wildman–Crippen MR) is 124 cm³/mol. The zero-order valence-electron chi connectivity index (χ0n) is 19.7. The molecule has 1 unspecified atom stereocenters. The summed E-state index contributed by atoms with van der Waals surface area (Å²) in [5, 5.41) is 0. The van der Waals surface area contributed by atoms with E-state index in [1.165, 1.54) is 0 Å². The van der Waals surface area contributed by atoms with Crippen LogP contribution in [0.5, 0.6) is 0 Å². The normalized spacial score (nSPS) is 17.9. The van der Waals surface area contributed by atoms with Gasteiger partial charge in [0, 0.05) is 18.8 Å². The van der Waals surface area contributed by atoms with Crippen LogP contribution in [0.4, 0.5) is 0 Å². The van der Waals surface area contributed by atoms with Crippen molar-refractivity contribution in [3.8, 4) is 0 Å². The fourth-order valence-corrected chi connectivity index (χ4v) is 3.54. The van der Waals surface area contributed by atoms with Crippen molar-refractivity contribution in [1.29, 1.82) is 0 Å².